The van der Waals surface area contributed by atoms with Crippen LogP contribution in [0.15, 0.2) is 0 Å². The fourth-order valence-electron chi connectivity index (χ4n) is 9.23. The van der Waals surface area contributed by atoms with Crippen LogP contribution >= 0.6 is 0 Å². The molecular weight excluding hydrogens is 364 g/mol. The van der Waals surface area contributed by atoms with Gasteiger partial charge in [0.2, 0.25) is 0 Å². The largest absolute Gasteiger partial charge is 0.481 e. The van der Waals surface area contributed by atoms with Gasteiger partial charge in [0, 0.05) is 6.42 Å². The highest BCUT2D eigenvalue weighted by atomic mass is 16.4. The van der Waals surface area contributed by atoms with E-state index >= 15 is 0 Å². The SMILES string of the molecule is CC[C@H]1[C@@H](O)[C@H]2C3CC[C@H](CCCC(=O)O)[C@@]3(C)C[C@H](O)C2[C@@]2(C)CCCC[C@@H]12. The Hall–Kier alpha value is -0.610. The first-order chi connectivity index (χ1) is 13.7. The van der Waals surface area contributed by atoms with Crippen molar-refractivity contribution >= 4 is 5.97 Å². The average molecular weight is 407 g/mol. The maximum Gasteiger partial charge on any atom is 0.303 e. The molecule has 166 valence electrons. The number of aliphatic carboxylic acids is 1. The van der Waals surface area contributed by atoms with E-state index in [1.165, 1.54) is 25.7 Å². The van der Waals surface area contributed by atoms with Gasteiger partial charge in [-0.3, -0.25) is 4.79 Å². The lowest BCUT2D eigenvalue weighted by Gasteiger charge is -2.65. The van der Waals surface area contributed by atoms with E-state index in [2.05, 4.69) is 20.8 Å². The molecule has 0 aromatic heterocycles. The van der Waals surface area contributed by atoms with Crippen molar-refractivity contribution in [2.45, 2.75) is 104 Å². The first-order valence-corrected chi connectivity index (χ1v) is 12.3. The van der Waals surface area contributed by atoms with E-state index in [0.29, 0.717) is 23.7 Å². The molecule has 4 saturated carbocycles. The van der Waals surface area contributed by atoms with Crippen LogP contribution in [0.3, 0.4) is 0 Å². The molecule has 0 bridgehead atoms. The van der Waals surface area contributed by atoms with Crippen LogP contribution in [0.25, 0.3) is 0 Å². The highest BCUT2D eigenvalue weighted by molar-refractivity contribution is 5.66. The van der Waals surface area contributed by atoms with Gasteiger partial charge in [-0.1, -0.05) is 40.0 Å². The van der Waals surface area contributed by atoms with Gasteiger partial charge in [-0.2, -0.15) is 0 Å². The van der Waals surface area contributed by atoms with E-state index in [4.69, 9.17) is 5.11 Å². The Morgan fingerprint density at radius 1 is 1.03 bits per heavy atom. The summed E-state index contributed by atoms with van der Waals surface area (Å²) in [5.41, 5.74) is 0.196. The third kappa shape index (κ3) is 3.28. The van der Waals surface area contributed by atoms with Crippen molar-refractivity contribution in [2.24, 2.45) is 46.3 Å². The van der Waals surface area contributed by atoms with E-state index in [1.807, 2.05) is 0 Å². The van der Waals surface area contributed by atoms with Gasteiger partial charge in [-0.05, 0) is 91.3 Å². The van der Waals surface area contributed by atoms with Gasteiger partial charge in [-0.25, -0.2) is 0 Å². The molecule has 0 spiro atoms. The van der Waals surface area contributed by atoms with E-state index in [-0.39, 0.29) is 41.3 Å². The van der Waals surface area contributed by atoms with Crippen molar-refractivity contribution in [3.05, 3.63) is 0 Å². The predicted octanol–water partition coefficient (Wildman–Crippen LogP) is 4.87. The summed E-state index contributed by atoms with van der Waals surface area (Å²) in [7, 11) is 0. The molecule has 0 aromatic rings. The zero-order valence-electron chi connectivity index (χ0n) is 18.6. The molecule has 0 saturated heterocycles. The van der Waals surface area contributed by atoms with Gasteiger partial charge in [0.15, 0.2) is 0 Å². The predicted molar refractivity (Wildman–Crippen MR) is 113 cm³/mol. The second kappa shape index (κ2) is 7.82. The number of carboxylic acid groups (broad SMARTS) is 1. The van der Waals surface area contributed by atoms with Gasteiger partial charge in [-0.15, -0.1) is 0 Å². The Morgan fingerprint density at radius 3 is 2.48 bits per heavy atom. The van der Waals surface area contributed by atoms with Crippen LogP contribution in [-0.2, 0) is 4.79 Å². The van der Waals surface area contributed by atoms with Crippen LogP contribution in [0.4, 0.5) is 0 Å². The quantitative estimate of drug-likeness (QED) is 0.609. The van der Waals surface area contributed by atoms with Crippen molar-refractivity contribution in [2.75, 3.05) is 0 Å². The van der Waals surface area contributed by atoms with E-state index in [9.17, 15) is 15.0 Å². The minimum absolute atomic E-state index is 0.0379. The number of aliphatic hydroxyl groups is 2. The number of carbonyl (C=O) groups is 1. The van der Waals surface area contributed by atoms with Crippen LogP contribution in [0, 0.1) is 46.3 Å². The van der Waals surface area contributed by atoms with E-state index in [1.54, 1.807) is 0 Å². The molecule has 0 radical (unpaired) electrons. The minimum atomic E-state index is -0.710. The summed E-state index contributed by atoms with van der Waals surface area (Å²) in [4.78, 5) is 11.0. The average Bonchev–Trinajstić information content (AvgIpc) is 2.97. The monoisotopic (exact) mass is 406 g/mol. The summed E-state index contributed by atoms with van der Waals surface area (Å²) < 4.78 is 0. The molecule has 0 aliphatic heterocycles. The molecular formula is C25H42O4. The van der Waals surface area contributed by atoms with E-state index < -0.39 is 5.97 Å². The fourth-order valence-corrected chi connectivity index (χ4v) is 9.23. The zero-order valence-corrected chi connectivity index (χ0v) is 18.6. The number of aliphatic hydroxyl groups excluding tert-OH is 2. The Balaban J connectivity index is 1.64. The molecule has 0 heterocycles. The Labute approximate surface area is 176 Å². The summed E-state index contributed by atoms with van der Waals surface area (Å²) in [6.07, 6.45) is 10.4. The summed E-state index contributed by atoms with van der Waals surface area (Å²) in [5, 5.41) is 32.2. The molecule has 0 amide bonds. The molecule has 29 heavy (non-hydrogen) atoms. The van der Waals surface area contributed by atoms with Gasteiger partial charge < -0.3 is 15.3 Å². The van der Waals surface area contributed by atoms with Gasteiger partial charge in [0.1, 0.15) is 0 Å². The van der Waals surface area contributed by atoms with Gasteiger partial charge in [0.05, 0.1) is 12.2 Å². The third-order valence-electron chi connectivity index (χ3n) is 10.4. The minimum Gasteiger partial charge on any atom is -0.481 e. The lowest BCUT2D eigenvalue weighted by atomic mass is 9.41. The lowest BCUT2D eigenvalue weighted by molar-refractivity contribution is -0.227. The van der Waals surface area contributed by atoms with E-state index in [0.717, 1.165) is 38.5 Å². The summed E-state index contributed by atoms with van der Waals surface area (Å²) in [6, 6.07) is 0. The smallest absolute Gasteiger partial charge is 0.303 e. The Kier molecular flexibility index (Phi) is 5.83. The topological polar surface area (TPSA) is 77.8 Å². The molecule has 4 nitrogen and oxygen atoms in total. The first kappa shape index (κ1) is 21.6. The van der Waals surface area contributed by atoms with Gasteiger partial charge in [0.25, 0.3) is 0 Å². The van der Waals surface area contributed by atoms with Crippen LogP contribution < -0.4 is 0 Å². The molecule has 2 unspecified atom stereocenters. The van der Waals surface area contributed by atoms with Crippen molar-refractivity contribution in [3.63, 3.8) is 0 Å². The van der Waals surface area contributed by atoms with Crippen molar-refractivity contribution in [1.29, 1.82) is 0 Å². The first-order valence-electron chi connectivity index (χ1n) is 12.3. The molecule has 0 aromatic carbocycles. The Bertz CT molecular complexity index is 620. The number of hydrogen-bond acceptors (Lipinski definition) is 3. The number of fused-ring (bicyclic) bond motifs is 5. The molecule has 4 aliphatic rings. The van der Waals surface area contributed by atoms with Gasteiger partial charge >= 0.3 is 5.97 Å². The van der Waals surface area contributed by atoms with Crippen molar-refractivity contribution < 1.29 is 20.1 Å². The lowest BCUT2D eigenvalue weighted by Crippen LogP contribution is -2.65. The highest BCUT2D eigenvalue weighted by Gasteiger charge is 2.66. The van der Waals surface area contributed by atoms with Crippen LogP contribution in [0.2, 0.25) is 0 Å². The number of hydrogen-bond donors (Lipinski definition) is 3. The van der Waals surface area contributed by atoms with Crippen LogP contribution in [0.5, 0.6) is 0 Å². The summed E-state index contributed by atoms with van der Waals surface area (Å²) in [6.45, 7) is 7.03. The van der Waals surface area contributed by atoms with Crippen LogP contribution in [0.1, 0.15) is 91.4 Å². The molecule has 10 atom stereocenters. The van der Waals surface area contributed by atoms with Crippen molar-refractivity contribution in [1.82, 2.24) is 0 Å². The molecule has 4 fully saturated rings. The zero-order chi connectivity index (χ0) is 21.0. The summed E-state index contributed by atoms with van der Waals surface area (Å²) in [5.74, 6) is 1.57. The normalized spacial score (nSPS) is 51.8. The number of rotatable bonds is 5. The highest BCUT2D eigenvalue weighted by Crippen LogP contribution is 2.69. The molecule has 3 N–H and O–H groups in total. The molecule has 4 heteroatoms. The number of carboxylic acids is 1. The Morgan fingerprint density at radius 2 is 1.79 bits per heavy atom. The third-order valence-corrected chi connectivity index (χ3v) is 10.4. The van der Waals surface area contributed by atoms with Crippen LogP contribution in [-0.4, -0.2) is 33.5 Å². The summed E-state index contributed by atoms with van der Waals surface area (Å²) >= 11 is 0. The molecule has 4 aliphatic carbocycles. The molecule has 4 rings (SSSR count). The fraction of sp³-hybridized carbons (Fsp3) is 0.960. The van der Waals surface area contributed by atoms with Crippen molar-refractivity contribution in [3.8, 4) is 0 Å². The maximum absolute atomic E-state index is 11.6. The second-order valence-electron chi connectivity index (χ2n) is 11.5. The maximum atomic E-state index is 11.6. The standard InChI is InChI=1S/C25H42O4/c1-4-16-17-9-5-6-13-24(17,2)22-19(26)14-25(3)15(8-7-10-20(27)28)11-12-18(25)21(22)23(16)29/h15-19,21-23,26,29H,4-14H2,1-3H3,(H,27,28)/t15-,16+,17-,18?,19-,21-,22?,23+,24-,25+/m0/s1. The second-order valence-corrected chi connectivity index (χ2v) is 11.5.